The molecule has 27 heavy (non-hydrogen) atoms. The minimum absolute atomic E-state index is 0.385. The first kappa shape index (κ1) is 19.2. The van der Waals surface area contributed by atoms with Crippen molar-refractivity contribution in [3.8, 4) is 11.5 Å². The molecule has 3 rings (SSSR count). The zero-order chi connectivity index (χ0) is 18.7. The van der Waals surface area contributed by atoms with Crippen LogP contribution in [0, 0.1) is 5.92 Å². The van der Waals surface area contributed by atoms with E-state index in [1.54, 1.807) is 0 Å². The summed E-state index contributed by atoms with van der Waals surface area (Å²) in [6, 6.07) is 17.3. The fourth-order valence-corrected chi connectivity index (χ4v) is 2.78. The number of ether oxygens (including phenoxy) is 3. The van der Waals surface area contributed by atoms with E-state index in [2.05, 4.69) is 10.3 Å². The van der Waals surface area contributed by atoms with Gasteiger partial charge in [-0.05, 0) is 37.1 Å². The molecule has 0 bridgehead atoms. The molecule has 2 aromatic rings. The number of guanidine groups is 1. The predicted molar refractivity (Wildman–Crippen MR) is 107 cm³/mol. The van der Waals surface area contributed by atoms with Crippen LogP contribution in [0.15, 0.2) is 59.6 Å². The zero-order valence-corrected chi connectivity index (χ0v) is 15.5. The van der Waals surface area contributed by atoms with Crippen LogP contribution in [0.3, 0.4) is 0 Å². The van der Waals surface area contributed by atoms with Crippen molar-refractivity contribution in [2.75, 3.05) is 38.3 Å². The summed E-state index contributed by atoms with van der Waals surface area (Å²) >= 11 is 0. The molecule has 144 valence electrons. The fourth-order valence-electron chi connectivity index (χ4n) is 2.78. The van der Waals surface area contributed by atoms with Crippen LogP contribution in [0.1, 0.15) is 12.8 Å². The Balaban J connectivity index is 1.38. The Hall–Kier alpha value is -2.57. The number of nitrogens with two attached hydrogens (primary N) is 1. The second-order valence-electron chi connectivity index (χ2n) is 6.49. The van der Waals surface area contributed by atoms with Crippen LogP contribution in [0.25, 0.3) is 0 Å². The first-order valence-corrected chi connectivity index (χ1v) is 9.35. The monoisotopic (exact) mass is 369 g/mol. The first-order chi connectivity index (χ1) is 13.3. The van der Waals surface area contributed by atoms with Gasteiger partial charge in [-0.2, -0.15) is 0 Å². The molecule has 0 spiro atoms. The third-order valence-electron chi connectivity index (χ3n) is 4.19. The van der Waals surface area contributed by atoms with Crippen molar-refractivity contribution in [1.29, 1.82) is 0 Å². The fraction of sp³-hybridized carbons (Fsp3) is 0.381. The molecule has 6 heteroatoms. The molecule has 1 atom stereocenters. The third kappa shape index (κ3) is 6.92. The largest absolute Gasteiger partial charge is 0.457 e. The second kappa shape index (κ2) is 10.5. The standard InChI is InChI=1S/C21H27N3O3/c22-21(23-11-5-12-25-15-17-10-13-26-16-17)24-18-6-4-9-20(14-18)27-19-7-2-1-3-8-19/h1-4,6-9,14,17H,5,10-13,15-16H2,(H3,22,23,24). The highest BCUT2D eigenvalue weighted by Gasteiger charge is 2.15. The summed E-state index contributed by atoms with van der Waals surface area (Å²) in [7, 11) is 0. The van der Waals surface area contributed by atoms with Gasteiger partial charge in [0.15, 0.2) is 5.96 Å². The van der Waals surface area contributed by atoms with Crippen LogP contribution in [0.4, 0.5) is 5.69 Å². The van der Waals surface area contributed by atoms with Gasteiger partial charge in [0, 0.05) is 37.4 Å². The van der Waals surface area contributed by atoms with Crippen molar-refractivity contribution in [2.45, 2.75) is 12.8 Å². The summed E-state index contributed by atoms with van der Waals surface area (Å²) < 4.78 is 16.8. The normalized spacial score (nSPS) is 17.0. The summed E-state index contributed by atoms with van der Waals surface area (Å²) in [5, 5.41) is 3.09. The SMILES string of the molecule is NC(=NCCCOCC1CCOC1)Nc1cccc(Oc2ccccc2)c1. The van der Waals surface area contributed by atoms with E-state index in [4.69, 9.17) is 19.9 Å². The molecule has 1 aliphatic heterocycles. The Morgan fingerprint density at radius 1 is 1.15 bits per heavy atom. The molecule has 0 aromatic heterocycles. The lowest BCUT2D eigenvalue weighted by Gasteiger charge is -2.10. The first-order valence-electron chi connectivity index (χ1n) is 9.35. The van der Waals surface area contributed by atoms with Gasteiger partial charge in [-0.3, -0.25) is 4.99 Å². The van der Waals surface area contributed by atoms with Crippen LogP contribution in [-0.2, 0) is 9.47 Å². The number of aliphatic imine (C=N–C) groups is 1. The molecule has 0 amide bonds. The average Bonchev–Trinajstić information content (AvgIpc) is 3.19. The number of para-hydroxylation sites is 1. The number of hydrogen-bond donors (Lipinski definition) is 2. The molecule has 3 N–H and O–H groups in total. The van der Waals surface area contributed by atoms with Gasteiger partial charge in [-0.1, -0.05) is 24.3 Å². The van der Waals surface area contributed by atoms with Crippen molar-refractivity contribution in [2.24, 2.45) is 16.6 Å². The van der Waals surface area contributed by atoms with Crippen molar-refractivity contribution < 1.29 is 14.2 Å². The molecule has 0 aliphatic carbocycles. The van der Waals surface area contributed by atoms with Crippen LogP contribution in [0.2, 0.25) is 0 Å². The van der Waals surface area contributed by atoms with E-state index >= 15 is 0 Å². The third-order valence-corrected chi connectivity index (χ3v) is 4.19. The van der Waals surface area contributed by atoms with Crippen LogP contribution in [0.5, 0.6) is 11.5 Å². The molecule has 0 saturated carbocycles. The van der Waals surface area contributed by atoms with Crippen molar-refractivity contribution in [3.63, 3.8) is 0 Å². The van der Waals surface area contributed by atoms with Crippen molar-refractivity contribution >= 4 is 11.6 Å². The van der Waals surface area contributed by atoms with Crippen LogP contribution < -0.4 is 15.8 Å². The molecular formula is C21H27N3O3. The lowest BCUT2D eigenvalue weighted by Crippen LogP contribution is -2.23. The number of nitrogens with zero attached hydrogens (tertiary/aromatic N) is 1. The Bertz CT molecular complexity index is 716. The molecule has 1 heterocycles. The van der Waals surface area contributed by atoms with Crippen LogP contribution >= 0.6 is 0 Å². The molecule has 1 unspecified atom stereocenters. The Labute approximate surface area is 160 Å². The van der Waals surface area contributed by atoms with Gasteiger partial charge >= 0.3 is 0 Å². The van der Waals surface area contributed by atoms with E-state index in [1.807, 2.05) is 54.6 Å². The van der Waals surface area contributed by atoms with Crippen molar-refractivity contribution in [3.05, 3.63) is 54.6 Å². The highest BCUT2D eigenvalue weighted by Crippen LogP contribution is 2.23. The molecule has 1 aliphatic rings. The number of hydrogen-bond acceptors (Lipinski definition) is 4. The van der Waals surface area contributed by atoms with E-state index in [0.29, 0.717) is 25.0 Å². The number of nitrogens with one attached hydrogen (secondary N) is 1. The van der Waals surface area contributed by atoms with Gasteiger partial charge in [-0.25, -0.2) is 0 Å². The maximum absolute atomic E-state index is 5.96. The summed E-state index contributed by atoms with van der Waals surface area (Å²) in [4.78, 5) is 4.34. The van der Waals surface area contributed by atoms with E-state index in [-0.39, 0.29) is 0 Å². The highest BCUT2D eigenvalue weighted by molar-refractivity contribution is 5.92. The number of benzene rings is 2. The summed E-state index contributed by atoms with van der Waals surface area (Å²) in [5.74, 6) is 2.46. The quantitative estimate of drug-likeness (QED) is 0.401. The summed E-state index contributed by atoms with van der Waals surface area (Å²) in [5.41, 5.74) is 6.80. The maximum atomic E-state index is 5.96. The average molecular weight is 369 g/mol. The van der Waals surface area contributed by atoms with Gasteiger partial charge in [0.25, 0.3) is 0 Å². The Morgan fingerprint density at radius 3 is 2.81 bits per heavy atom. The molecular weight excluding hydrogens is 342 g/mol. The van der Waals surface area contributed by atoms with Gasteiger partial charge in [0.2, 0.25) is 0 Å². The molecule has 2 aromatic carbocycles. The van der Waals surface area contributed by atoms with Crippen LogP contribution in [-0.4, -0.2) is 38.9 Å². The van der Waals surface area contributed by atoms with Gasteiger partial charge < -0.3 is 25.3 Å². The molecule has 1 fully saturated rings. The Kier molecular flexibility index (Phi) is 7.50. The van der Waals surface area contributed by atoms with Crippen molar-refractivity contribution in [1.82, 2.24) is 0 Å². The zero-order valence-electron chi connectivity index (χ0n) is 15.5. The second-order valence-corrected chi connectivity index (χ2v) is 6.49. The maximum Gasteiger partial charge on any atom is 0.193 e. The highest BCUT2D eigenvalue weighted by atomic mass is 16.5. The minimum Gasteiger partial charge on any atom is -0.457 e. The molecule has 0 radical (unpaired) electrons. The minimum atomic E-state index is 0.385. The van der Waals surface area contributed by atoms with Gasteiger partial charge in [0.05, 0.1) is 13.2 Å². The number of rotatable bonds is 9. The van der Waals surface area contributed by atoms with E-state index in [0.717, 1.165) is 49.8 Å². The number of anilines is 1. The van der Waals surface area contributed by atoms with Gasteiger partial charge in [-0.15, -0.1) is 0 Å². The predicted octanol–water partition coefficient (Wildman–Crippen LogP) is 3.65. The van der Waals surface area contributed by atoms with Gasteiger partial charge in [0.1, 0.15) is 11.5 Å². The summed E-state index contributed by atoms with van der Waals surface area (Å²) in [6.07, 6.45) is 1.94. The van der Waals surface area contributed by atoms with E-state index < -0.39 is 0 Å². The summed E-state index contributed by atoms with van der Waals surface area (Å²) in [6.45, 7) is 3.76. The molecule has 6 nitrogen and oxygen atoms in total. The Morgan fingerprint density at radius 2 is 2.00 bits per heavy atom. The topological polar surface area (TPSA) is 78.1 Å². The molecule has 1 saturated heterocycles. The van der Waals surface area contributed by atoms with E-state index in [9.17, 15) is 0 Å². The van der Waals surface area contributed by atoms with E-state index in [1.165, 1.54) is 0 Å². The lowest BCUT2D eigenvalue weighted by atomic mass is 10.1. The lowest BCUT2D eigenvalue weighted by molar-refractivity contribution is 0.0893. The smallest absolute Gasteiger partial charge is 0.193 e.